The Balaban J connectivity index is 2.05. The van der Waals surface area contributed by atoms with Gasteiger partial charge in [0.1, 0.15) is 6.10 Å². The minimum Gasteiger partial charge on any atom is -0.490 e. The van der Waals surface area contributed by atoms with Crippen LogP contribution < -0.4 is 14.8 Å². The van der Waals surface area contributed by atoms with E-state index in [1.54, 1.807) is 0 Å². The molecule has 1 aliphatic heterocycles. The maximum absolute atomic E-state index is 6.10. The Morgan fingerprint density at radius 1 is 1.26 bits per heavy atom. The van der Waals surface area contributed by atoms with Gasteiger partial charge < -0.3 is 14.8 Å². The van der Waals surface area contributed by atoms with E-state index in [-0.39, 0.29) is 6.10 Å². The topological polar surface area (TPSA) is 30.5 Å². The Labute approximate surface area is 116 Å². The lowest BCUT2D eigenvalue weighted by atomic mass is 10.1. The molecule has 0 aliphatic carbocycles. The van der Waals surface area contributed by atoms with E-state index in [2.05, 4.69) is 45.1 Å². The molecular weight excluding hydrogens is 238 g/mol. The molecule has 1 heterocycles. The molecule has 106 valence electrons. The molecule has 3 nitrogen and oxygen atoms in total. The lowest BCUT2D eigenvalue weighted by Gasteiger charge is -2.19. The van der Waals surface area contributed by atoms with Crippen molar-refractivity contribution in [3.63, 3.8) is 0 Å². The molecule has 0 radical (unpaired) electrons. The van der Waals surface area contributed by atoms with Gasteiger partial charge in [-0.2, -0.15) is 0 Å². The summed E-state index contributed by atoms with van der Waals surface area (Å²) in [4.78, 5) is 0. The van der Waals surface area contributed by atoms with Crippen LogP contribution in [-0.2, 0) is 0 Å². The first-order valence-electron chi connectivity index (χ1n) is 7.24. The smallest absolute Gasteiger partial charge is 0.161 e. The van der Waals surface area contributed by atoms with Crippen molar-refractivity contribution in [2.45, 2.75) is 52.7 Å². The summed E-state index contributed by atoms with van der Waals surface area (Å²) in [7, 11) is 0. The van der Waals surface area contributed by atoms with Crippen LogP contribution >= 0.6 is 0 Å². The fourth-order valence-corrected chi connectivity index (χ4v) is 2.13. The minimum absolute atomic E-state index is 0.192. The van der Waals surface area contributed by atoms with Crippen molar-refractivity contribution in [2.75, 3.05) is 13.2 Å². The quantitative estimate of drug-likeness (QED) is 0.904. The molecule has 19 heavy (non-hydrogen) atoms. The highest BCUT2D eigenvalue weighted by atomic mass is 16.5. The number of fused-ring (bicyclic) bond motifs is 1. The standard InChI is InChI=1S/C16H25NO2/c1-5-13(4)17-10-14-6-7-18-15-8-11(2)12(3)9-16(15)19-14/h8-9,13-14,17H,5-7,10H2,1-4H3. The van der Waals surface area contributed by atoms with Crippen LogP contribution in [0.1, 0.15) is 37.8 Å². The van der Waals surface area contributed by atoms with E-state index < -0.39 is 0 Å². The van der Waals surface area contributed by atoms with Crippen molar-refractivity contribution in [1.29, 1.82) is 0 Å². The Morgan fingerprint density at radius 2 is 1.95 bits per heavy atom. The molecular formula is C16H25NO2. The number of rotatable bonds is 4. The first-order valence-corrected chi connectivity index (χ1v) is 7.24. The third kappa shape index (κ3) is 3.63. The molecule has 1 aromatic carbocycles. The Kier molecular flexibility index (Phi) is 4.70. The van der Waals surface area contributed by atoms with Crippen molar-refractivity contribution in [1.82, 2.24) is 5.32 Å². The van der Waals surface area contributed by atoms with Gasteiger partial charge in [-0.1, -0.05) is 6.92 Å². The molecule has 0 spiro atoms. The molecule has 2 atom stereocenters. The average Bonchev–Trinajstić information content (AvgIpc) is 2.58. The zero-order valence-electron chi connectivity index (χ0n) is 12.5. The van der Waals surface area contributed by atoms with E-state index in [4.69, 9.17) is 9.47 Å². The molecule has 0 aromatic heterocycles. The fourth-order valence-electron chi connectivity index (χ4n) is 2.13. The highest BCUT2D eigenvalue weighted by Gasteiger charge is 2.19. The van der Waals surface area contributed by atoms with Crippen molar-refractivity contribution >= 4 is 0 Å². The molecule has 2 rings (SSSR count). The summed E-state index contributed by atoms with van der Waals surface area (Å²) in [5.41, 5.74) is 2.50. The number of hydrogen-bond donors (Lipinski definition) is 1. The van der Waals surface area contributed by atoms with Gasteiger partial charge in [0.2, 0.25) is 0 Å². The molecule has 0 fully saturated rings. The van der Waals surface area contributed by atoms with E-state index in [1.165, 1.54) is 11.1 Å². The van der Waals surface area contributed by atoms with Crippen LogP contribution in [0.3, 0.4) is 0 Å². The van der Waals surface area contributed by atoms with Crippen molar-refractivity contribution in [3.05, 3.63) is 23.3 Å². The lowest BCUT2D eigenvalue weighted by molar-refractivity contribution is 0.183. The second-order valence-corrected chi connectivity index (χ2v) is 5.48. The SMILES string of the molecule is CCC(C)NCC1CCOc2cc(C)c(C)cc2O1. The van der Waals surface area contributed by atoms with Gasteiger partial charge in [-0.3, -0.25) is 0 Å². The van der Waals surface area contributed by atoms with Gasteiger partial charge in [0.15, 0.2) is 11.5 Å². The highest BCUT2D eigenvalue weighted by molar-refractivity contribution is 5.47. The fraction of sp³-hybridized carbons (Fsp3) is 0.625. The molecule has 0 saturated carbocycles. The maximum atomic E-state index is 6.10. The zero-order valence-corrected chi connectivity index (χ0v) is 12.5. The van der Waals surface area contributed by atoms with Crippen LogP contribution in [0, 0.1) is 13.8 Å². The van der Waals surface area contributed by atoms with Gasteiger partial charge in [-0.05, 0) is 50.5 Å². The van der Waals surface area contributed by atoms with Crippen LogP contribution in [-0.4, -0.2) is 25.3 Å². The average molecular weight is 263 g/mol. The predicted molar refractivity (Wildman–Crippen MR) is 78.2 cm³/mol. The molecule has 1 N–H and O–H groups in total. The van der Waals surface area contributed by atoms with Crippen LogP contribution in [0.25, 0.3) is 0 Å². The van der Waals surface area contributed by atoms with Crippen LogP contribution in [0.15, 0.2) is 12.1 Å². The number of ether oxygens (including phenoxy) is 2. The molecule has 0 saturated heterocycles. The molecule has 0 amide bonds. The van der Waals surface area contributed by atoms with E-state index >= 15 is 0 Å². The highest BCUT2D eigenvalue weighted by Crippen LogP contribution is 2.33. The molecule has 1 aromatic rings. The van der Waals surface area contributed by atoms with Gasteiger partial charge in [-0.25, -0.2) is 0 Å². The third-order valence-corrected chi connectivity index (χ3v) is 3.86. The number of aryl methyl sites for hydroxylation is 2. The Hall–Kier alpha value is -1.22. The lowest BCUT2D eigenvalue weighted by Crippen LogP contribution is -2.36. The maximum Gasteiger partial charge on any atom is 0.161 e. The predicted octanol–water partition coefficient (Wildman–Crippen LogP) is 3.22. The number of nitrogens with one attached hydrogen (secondary N) is 1. The van der Waals surface area contributed by atoms with Gasteiger partial charge in [0.05, 0.1) is 6.61 Å². The van der Waals surface area contributed by atoms with Crippen LogP contribution in [0.2, 0.25) is 0 Å². The summed E-state index contributed by atoms with van der Waals surface area (Å²) in [6.45, 7) is 10.2. The molecule has 3 heteroatoms. The van der Waals surface area contributed by atoms with Gasteiger partial charge >= 0.3 is 0 Å². The van der Waals surface area contributed by atoms with Crippen molar-refractivity contribution in [2.24, 2.45) is 0 Å². The van der Waals surface area contributed by atoms with Crippen LogP contribution in [0.4, 0.5) is 0 Å². The van der Waals surface area contributed by atoms with E-state index in [1.807, 2.05) is 0 Å². The van der Waals surface area contributed by atoms with Gasteiger partial charge in [0.25, 0.3) is 0 Å². The molecule has 1 aliphatic rings. The van der Waals surface area contributed by atoms with Gasteiger partial charge in [-0.15, -0.1) is 0 Å². The van der Waals surface area contributed by atoms with E-state index in [0.29, 0.717) is 6.04 Å². The summed E-state index contributed by atoms with van der Waals surface area (Å²) in [6, 6.07) is 4.70. The molecule has 0 bridgehead atoms. The third-order valence-electron chi connectivity index (χ3n) is 3.86. The van der Waals surface area contributed by atoms with Gasteiger partial charge in [0, 0.05) is 19.0 Å². The summed E-state index contributed by atoms with van der Waals surface area (Å²) < 4.78 is 11.9. The monoisotopic (exact) mass is 263 g/mol. The number of hydrogen-bond acceptors (Lipinski definition) is 3. The van der Waals surface area contributed by atoms with Crippen molar-refractivity contribution < 1.29 is 9.47 Å². The first kappa shape index (κ1) is 14.2. The first-order chi connectivity index (χ1) is 9.10. The Bertz CT molecular complexity index is 431. The number of benzene rings is 1. The second kappa shape index (κ2) is 6.29. The van der Waals surface area contributed by atoms with E-state index in [9.17, 15) is 0 Å². The summed E-state index contributed by atoms with van der Waals surface area (Å²) >= 11 is 0. The largest absolute Gasteiger partial charge is 0.490 e. The second-order valence-electron chi connectivity index (χ2n) is 5.48. The summed E-state index contributed by atoms with van der Waals surface area (Å²) in [6.07, 6.45) is 2.26. The zero-order chi connectivity index (χ0) is 13.8. The summed E-state index contributed by atoms with van der Waals surface area (Å²) in [5, 5.41) is 3.51. The van der Waals surface area contributed by atoms with Crippen LogP contribution in [0.5, 0.6) is 11.5 Å². The summed E-state index contributed by atoms with van der Waals surface area (Å²) in [5.74, 6) is 1.77. The van der Waals surface area contributed by atoms with Crippen molar-refractivity contribution in [3.8, 4) is 11.5 Å². The van der Waals surface area contributed by atoms with E-state index in [0.717, 1.165) is 37.5 Å². The minimum atomic E-state index is 0.192. The molecule has 2 unspecified atom stereocenters. The normalized spacial score (nSPS) is 19.9. The Morgan fingerprint density at radius 3 is 2.63 bits per heavy atom.